The molecule has 1 aromatic rings. The summed E-state index contributed by atoms with van der Waals surface area (Å²) in [6, 6.07) is 4.21. The molecule has 1 atom stereocenters. The molecule has 0 saturated heterocycles. The van der Waals surface area contributed by atoms with Crippen molar-refractivity contribution in [2.75, 3.05) is 0 Å². The number of carbonyl (C=O) groups is 1. The normalized spacial score (nSPS) is 11.6. The predicted molar refractivity (Wildman–Crippen MR) is 69.1 cm³/mol. The molecule has 1 unspecified atom stereocenters. The zero-order valence-electron chi connectivity index (χ0n) is 9.47. The topological polar surface area (TPSA) is 29.1 Å². The first kappa shape index (κ1) is 13.7. The summed E-state index contributed by atoms with van der Waals surface area (Å²) in [5.74, 6) is 1.50. The fourth-order valence-electron chi connectivity index (χ4n) is 1.38. The quantitative estimate of drug-likeness (QED) is 0.850. The molecule has 0 radical (unpaired) electrons. The van der Waals surface area contributed by atoms with Gasteiger partial charge in [0.1, 0.15) is 5.82 Å². The van der Waals surface area contributed by atoms with E-state index in [0.717, 1.165) is 0 Å². The third kappa shape index (κ3) is 3.86. The monoisotopic (exact) mass is 297 g/mol. The summed E-state index contributed by atoms with van der Waals surface area (Å²) in [6.45, 7) is 1.92. The van der Waals surface area contributed by atoms with Crippen molar-refractivity contribution in [2.24, 2.45) is 0 Å². The Kier molecular flexibility index (Phi) is 5.17. The van der Waals surface area contributed by atoms with Crippen molar-refractivity contribution < 1.29 is 9.18 Å². The number of hydrogen-bond acceptors (Lipinski definition) is 1. The van der Waals surface area contributed by atoms with E-state index in [1.807, 2.05) is 6.92 Å². The van der Waals surface area contributed by atoms with Crippen LogP contribution < -0.4 is 5.32 Å². The predicted octanol–water partition coefficient (Wildman–Crippen LogP) is 3.12. The lowest BCUT2D eigenvalue weighted by Crippen LogP contribution is -2.34. The average Bonchev–Trinajstić information content (AvgIpc) is 2.28. The maximum atomic E-state index is 13.5. The number of amides is 1. The number of nitrogens with one attached hydrogen (secondary N) is 1. The highest BCUT2D eigenvalue weighted by Gasteiger charge is 2.15. The van der Waals surface area contributed by atoms with Gasteiger partial charge in [-0.1, -0.05) is 22.9 Å². The molecule has 0 saturated carbocycles. The maximum Gasteiger partial charge on any atom is 0.254 e. The van der Waals surface area contributed by atoms with Gasteiger partial charge in [0, 0.05) is 16.9 Å². The molecule has 1 amide bonds. The van der Waals surface area contributed by atoms with Crippen LogP contribution in [-0.2, 0) is 0 Å². The van der Waals surface area contributed by atoms with Crippen molar-refractivity contribution in [3.63, 3.8) is 0 Å². The molecule has 0 aliphatic heterocycles. The molecule has 0 aliphatic rings. The van der Waals surface area contributed by atoms with Gasteiger partial charge in [-0.15, -0.1) is 12.3 Å². The standard InChI is InChI=1S/C13H13BrFNO/c1-3-5-10(4-2)16-13(17)11-7-6-9(14)8-12(11)15/h1,6-8,10H,4-5H2,2H3,(H,16,17). The van der Waals surface area contributed by atoms with Gasteiger partial charge in [-0.25, -0.2) is 4.39 Å². The second-order valence-corrected chi connectivity index (χ2v) is 4.53. The van der Waals surface area contributed by atoms with Gasteiger partial charge in [-0.2, -0.15) is 0 Å². The van der Waals surface area contributed by atoms with Crippen LogP contribution in [0.4, 0.5) is 4.39 Å². The highest BCUT2D eigenvalue weighted by atomic mass is 79.9. The Labute approximate surface area is 109 Å². The highest BCUT2D eigenvalue weighted by Crippen LogP contribution is 2.15. The largest absolute Gasteiger partial charge is 0.348 e. The molecule has 1 N–H and O–H groups in total. The first-order valence-electron chi connectivity index (χ1n) is 5.27. The van der Waals surface area contributed by atoms with E-state index < -0.39 is 11.7 Å². The van der Waals surface area contributed by atoms with Gasteiger partial charge in [0.2, 0.25) is 0 Å². The summed E-state index contributed by atoms with van der Waals surface area (Å²) < 4.78 is 14.1. The molecule has 0 heterocycles. The van der Waals surface area contributed by atoms with Gasteiger partial charge in [-0.3, -0.25) is 4.79 Å². The molecule has 1 rings (SSSR count). The van der Waals surface area contributed by atoms with E-state index in [4.69, 9.17) is 6.42 Å². The Bertz CT molecular complexity index is 453. The number of terminal acetylenes is 1. The Morgan fingerprint density at radius 1 is 1.65 bits per heavy atom. The SMILES string of the molecule is C#CCC(CC)NC(=O)c1ccc(Br)cc1F. The Hall–Kier alpha value is -1.34. The molecule has 4 heteroatoms. The van der Waals surface area contributed by atoms with Crippen LogP contribution in [0.1, 0.15) is 30.1 Å². The molecule has 17 heavy (non-hydrogen) atoms. The minimum atomic E-state index is -0.549. The van der Waals surface area contributed by atoms with Crippen molar-refractivity contribution in [1.82, 2.24) is 5.32 Å². The van der Waals surface area contributed by atoms with Crippen LogP contribution in [0.15, 0.2) is 22.7 Å². The summed E-state index contributed by atoms with van der Waals surface area (Å²) in [6.07, 6.45) is 6.35. The Balaban J connectivity index is 2.79. The van der Waals surface area contributed by atoms with Crippen molar-refractivity contribution in [3.05, 3.63) is 34.1 Å². The van der Waals surface area contributed by atoms with Crippen LogP contribution in [-0.4, -0.2) is 11.9 Å². The summed E-state index contributed by atoms with van der Waals surface area (Å²) in [7, 11) is 0. The van der Waals surface area contributed by atoms with E-state index in [-0.39, 0.29) is 11.6 Å². The van der Waals surface area contributed by atoms with E-state index in [1.165, 1.54) is 12.1 Å². The molecule has 0 spiro atoms. The fourth-order valence-corrected chi connectivity index (χ4v) is 1.71. The van der Waals surface area contributed by atoms with Gasteiger partial charge in [0.15, 0.2) is 0 Å². The zero-order valence-corrected chi connectivity index (χ0v) is 11.1. The van der Waals surface area contributed by atoms with E-state index in [9.17, 15) is 9.18 Å². The fraction of sp³-hybridized carbons (Fsp3) is 0.308. The minimum Gasteiger partial charge on any atom is -0.348 e. The molecule has 90 valence electrons. The van der Waals surface area contributed by atoms with Gasteiger partial charge < -0.3 is 5.32 Å². The summed E-state index contributed by atoms with van der Waals surface area (Å²) in [4.78, 5) is 11.8. The summed E-state index contributed by atoms with van der Waals surface area (Å²) in [5.41, 5.74) is 0.0312. The van der Waals surface area contributed by atoms with Gasteiger partial charge in [-0.05, 0) is 24.6 Å². The molecule has 2 nitrogen and oxygen atoms in total. The molecule has 0 fully saturated rings. The molecule has 0 aromatic heterocycles. The highest BCUT2D eigenvalue weighted by molar-refractivity contribution is 9.10. The summed E-state index contributed by atoms with van der Waals surface area (Å²) in [5, 5.41) is 2.71. The molecule has 0 aliphatic carbocycles. The van der Waals surface area contributed by atoms with Gasteiger partial charge in [0.25, 0.3) is 5.91 Å². The van der Waals surface area contributed by atoms with E-state index in [2.05, 4.69) is 27.2 Å². The van der Waals surface area contributed by atoms with Crippen LogP contribution >= 0.6 is 15.9 Å². The lowest BCUT2D eigenvalue weighted by molar-refractivity contribution is 0.0932. The van der Waals surface area contributed by atoms with Crippen molar-refractivity contribution >= 4 is 21.8 Å². The smallest absolute Gasteiger partial charge is 0.254 e. The molecule has 0 bridgehead atoms. The van der Waals surface area contributed by atoms with E-state index in [0.29, 0.717) is 17.3 Å². The van der Waals surface area contributed by atoms with Crippen LogP contribution in [0.5, 0.6) is 0 Å². The zero-order chi connectivity index (χ0) is 12.8. The Morgan fingerprint density at radius 3 is 2.88 bits per heavy atom. The van der Waals surface area contributed by atoms with Crippen LogP contribution in [0.2, 0.25) is 0 Å². The number of halogens is 2. The minimum absolute atomic E-state index is 0.0312. The Morgan fingerprint density at radius 2 is 2.35 bits per heavy atom. The van der Waals surface area contributed by atoms with Gasteiger partial charge in [0.05, 0.1) is 5.56 Å². The first-order valence-corrected chi connectivity index (χ1v) is 6.07. The number of rotatable bonds is 4. The molecular formula is C13H13BrFNO. The van der Waals surface area contributed by atoms with Crippen molar-refractivity contribution in [2.45, 2.75) is 25.8 Å². The van der Waals surface area contributed by atoms with Crippen LogP contribution in [0, 0.1) is 18.2 Å². The number of carbonyl (C=O) groups excluding carboxylic acids is 1. The first-order chi connectivity index (χ1) is 8.08. The van der Waals surface area contributed by atoms with Crippen LogP contribution in [0.25, 0.3) is 0 Å². The third-order valence-corrected chi connectivity index (χ3v) is 2.86. The second-order valence-electron chi connectivity index (χ2n) is 3.61. The van der Waals surface area contributed by atoms with E-state index >= 15 is 0 Å². The van der Waals surface area contributed by atoms with Crippen LogP contribution in [0.3, 0.4) is 0 Å². The lowest BCUT2D eigenvalue weighted by Gasteiger charge is -2.14. The van der Waals surface area contributed by atoms with E-state index in [1.54, 1.807) is 6.07 Å². The maximum absolute atomic E-state index is 13.5. The van der Waals surface area contributed by atoms with Crippen molar-refractivity contribution in [3.8, 4) is 12.3 Å². The molecular weight excluding hydrogens is 285 g/mol. The number of hydrogen-bond donors (Lipinski definition) is 1. The van der Waals surface area contributed by atoms with Gasteiger partial charge >= 0.3 is 0 Å². The average molecular weight is 298 g/mol. The summed E-state index contributed by atoms with van der Waals surface area (Å²) >= 11 is 3.14. The second kappa shape index (κ2) is 6.41. The third-order valence-electron chi connectivity index (χ3n) is 2.37. The lowest BCUT2D eigenvalue weighted by atomic mass is 10.1. The molecule has 1 aromatic carbocycles. The number of benzene rings is 1. The van der Waals surface area contributed by atoms with Crippen molar-refractivity contribution in [1.29, 1.82) is 0 Å².